The Morgan fingerprint density at radius 2 is 2.04 bits per heavy atom. The second-order valence-corrected chi connectivity index (χ2v) is 8.68. The second kappa shape index (κ2) is 8.27. The van der Waals surface area contributed by atoms with Crippen LogP contribution in [-0.2, 0) is 24.1 Å². The molecule has 140 valence electrons. The molecule has 7 heteroatoms. The van der Waals surface area contributed by atoms with Crippen LogP contribution in [0.25, 0.3) is 10.2 Å². The average molecular weight is 400 g/mol. The lowest BCUT2D eigenvalue weighted by Crippen LogP contribution is -2.27. The van der Waals surface area contributed by atoms with Crippen molar-refractivity contribution in [3.05, 3.63) is 56.7 Å². The van der Waals surface area contributed by atoms with Gasteiger partial charge < -0.3 is 10.3 Å². The highest BCUT2D eigenvalue weighted by molar-refractivity contribution is 7.99. The molecule has 0 atom stereocenters. The Hall–Kier alpha value is -2.12. The van der Waals surface area contributed by atoms with Gasteiger partial charge in [0.05, 0.1) is 11.1 Å². The summed E-state index contributed by atoms with van der Waals surface area (Å²) in [5.74, 6) is 0.193. The maximum absolute atomic E-state index is 12.5. The van der Waals surface area contributed by atoms with E-state index in [0.29, 0.717) is 11.7 Å². The number of thioether (sulfide) groups is 1. The minimum Gasteiger partial charge on any atom is -0.355 e. The predicted octanol–water partition coefficient (Wildman–Crippen LogP) is 3.31. The van der Waals surface area contributed by atoms with Crippen LogP contribution in [0.15, 0.2) is 40.3 Å². The van der Waals surface area contributed by atoms with Crippen LogP contribution in [0.2, 0.25) is 0 Å². The first-order valence-electron chi connectivity index (χ1n) is 9.18. The van der Waals surface area contributed by atoms with E-state index < -0.39 is 0 Å². The van der Waals surface area contributed by atoms with E-state index in [9.17, 15) is 9.59 Å². The van der Waals surface area contributed by atoms with Gasteiger partial charge in [0.25, 0.3) is 5.56 Å². The Balaban J connectivity index is 1.36. The van der Waals surface area contributed by atoms with Gasteiger partial charge in [-0.15, -0.1) is 11.3 Å². The van der Waals surface area contributed by atoms with E-state index in [1.807, 2.05) is 30.3 Å². The maximum atomic E-state index is 12.5. The summed E-state index contributed by atoms with van der Waals surface area (Å²) in [6.07, 6.45) is 5.14. The highest BCUT2D eigenvalue weighted by Gasteiger charge is 2.20. The van der Waals surface area contributed by atoms with E-state index in [2.05, 4.69) is 15.3 Å². The van der Waals surface area contributed by atoms with Crippen LogP contribution >= 0.6 is 23.1 Å². The number of fused-ring (bicyclic) bond motifs is 3. The largest absolute Gasteiger partial charge is 0.355 e. The Labute approximate surface area is 165 Å². The maximum Gasteiger partial charge on any atom is 0.260 e. The highest BCUT2D eigenvalue weighted by atomic mass is 32.2. The van der Waals surface area contributed by atoms with Gasteiger partial charge in [0, 0.05) is 11.4 Å². The second-order valence-electron chi connectivity index (χ2n) is 6.64. The molecule has 2 N–H and O–H groups in total. The number of H-pyrrole nitrogens is 1. The molecule has 0 spiro atoms. The molecule has 1 aliphatic carbocycles. The van der Waals surface area contributed by atoms with Crippen molar-refractivity contribution in [2.24, 2.45) is 0 Å². The molecular weight excluding hydrogens is 378 g/mol. The van der Waals surface area contributed by atoms with E-state index in [0.717, 1.165) is 35.9 Å². The van der Waals surface area contributed by atoms with E-state index in [1.54, 1.807) is 11.3 Å². The Bertz CT molecular complexity index is 1010. The molecule has 0 bridgehead atoms. The molecule has 0 unspecified atom stereocenters. The minimum absolute atomic E-state index is 0.0517. The molecular formula is C20H21N3O2S2. The third-order valence-corrected chi connectivity index (χ3v) is 6.78. The number of thiophene rings is 1. The number of hydrogen-bond donors (Lipinski definition) is 2. The van der Waals surface area contributed by atoms with Crippen LogP contribution in [0.1, 0.15) is 28.8 Å². The summed E-state index contributed by atoms with van der Waals surface area (Å²) in [5.41, 5.74) is 2.31. The van der Waals surface area contributed by atoms with Crippen molar-refractivity contribution in [3.8, 4) is 0 Å². The quantitative estimate of drug-likeness (QED) is 0.493. The molecule has 1 aliphatic rings. The van der Waals surface area contributed by atoms with E-state index in [4.69, 9.17) is 0 Å². The van der Waals surface area contributed by atoms with Crippen molar-refractivity contribution in [2.75, 3.05) is 12.3 Å². The van der Waals surface area contributed by atoms with Crippen LogP contribution in [0, 0.1) is 0 Å². The first-order chi connectivity index (χ1) is 13.2. The van der Waals surface area contributed by atoms with Crippen molar-refractivity contribution in [1.29, 1.82) is 0 Å². The van der Waals surface area contributed by atoms with Crippen LogP contribution in [0.4, 0.5) is 0 Å². The fraction of sp³-hybridized carbons (Fsp3) is 0.350. The number of nitrogens with zero attached hydrogens (tertiary/aromatic N) is 1. The molecule has 4 rings (SSSR count). The van der Waals surface area contributed by atoms with E-state index >= 15 is 0 Å². The summed E-state index contributed by atoms with van der Waals surface area (Å²) in [6, 6.07) is 10.1. The smallest absolute Gasteiger partial charge is 0.260 e. The fourth-order valence-electron chi connectivity index (χ4n) is 3.39. The normalized spacial score (nSPS) is 13.5. The van der Waals surface area contributed by atoms with Crippen LogP contribution in [-0.4, -0.2) is 28.2 Å². The number of aryl methyl sites for hydroxylation is 2. The molecule has 5 nitrogen and oxygen atoms in total. The number of hydrogen-bond acceptors (Lipinski definition) is 5. The molecule has 2 heterocycles. The van der Waals surface area contributed by atoms with Gasteiger partial charge in [-0.3, -0.25) is 9.59 Å². The first-order valence-corrected chi connectivity index (χ1v) is 11.0. The summed E-state index contributed by atoms with van der Waals surface area (Å²) in [4.78, 5) is 34.1. The van der Waals surface area contributed by atoms with Crippen LogP contribution in [0.3, 0.4) is 0 Å². The SMILES string of the molecule is O=C(CSc1nc2sc3c(c2c(=O)[nH]1)CCCC3)NCCc1ccccc1. The van der Waals surface area contributed by atoms with Crippen LogP contribution < -0.4 is 10.9 Å². The monoisotopic (exact) mass is 399 g/mol. The predicted molar refractivity (Wildman–Crippen MR) is 111 cm³/mol. The number of rotatable bonds is 6. The van der Waals surface area contributed by atoms with Gasteiger partial charge in [-0.25, -0.2) is 4.98 Å². The highest BCUT2D eigenvalue weighted by Crippen LogP contribution is 2.34. The molecule has 0 saturated carbocycles. The molecule has 1 aromatic carbocycles. The Kier molecular flexibility index (Phi) is 5.59. The zero-order valence-corrected chi connectivity index (χ0v) is 16.5. The van der Waals surface area contributed by atoms with Gasteiger partial charge in [-0.1, -0.05) is 42.1 Å². The average Bonchev–Trinajstić information content (AvgIpc) is 3.06. The molecule has 27 heavy (non-hydrogen) atoms. The van der Waals surface area contributed by atoms with E-state index in [-0.39, 0.29) is 17.2 Å². The molecule has 0 aliphatic heterocycles. The topological polar surface area (TPSA) is 74.8 Å². The first kappa shape index (κ1) is 18.3. The lowest BCUT2D eigenvalue weighted by Gasteiger charge is -2.09. The summed E-state index contributed by atoms with van der Waals surface area (Å²) >= 11 is 2.91. The number of amides is 1. The van der Waals surface area contributed by atoms with Gasteiger partial charge >= 0.3 is 0 Å². The summed E-state index contributed by atoms with van der Waals surface area (Å²) in [5, 5.41) is 4.19. The van der Waals surface area contributed by atoms with Crippen molar-refractivity contribution in [3.63, 3.8) is 0 Å². The zero-order chi connectivity index (χ0) is 18.6. The number of carbonyl (C=O) groups is 1. The van der Waals surface area contributed by atoms with Gasteiger partial charge in [0.1, 0.15) is 4.83 Å². The van der Waals surface area contributed by atoms with Gasteiger partial charge in [0.15, 0.2) is 5.16 Å². The molecule has 0 fully saturated rings. The van der Waals surface area contributed by atoms with Crippen molar-refractivity contribution in [1.82, 2.24) is 15.3 Å². The van der Waals surface area contributed by atoms with Gasteiger partial charge in [-0.2, -0.15) is 0 Å². The lowest BCUT2D eigenvalue weighted by atomic mass is 9.97. The van der Waals surface area contributed by atoms with Crippen molar-refractivity contribution >= 4 is 39.2 Å². The molecule has 0 saturated heterocycles. The molecule has 3 aromatic rings. The number of benzene rings is 1. The third kappa shape index (κ3) is 4.25. The van der Waals surface area contributed by atoms with Gasteiger partial charge in [-0.05, 0) is 43.2 Å². The third-order valence-electron chi connectivity index (χ3n) is 4.72. The summed E-state index contributed by atoms with van der Waals surface area (Å²) in [6.45, 7) is 0.601. The molecule has 2 aromatic heterocycles. The Morgan fingerprint density at radius 1 is 1.22 bits per heavy atom. The Morgan fingerprint density at radius 3 is 2.89 bits per heavy atom. The van der Waals surface area contributed by atoms with Crippen LogP contribution in [0.5, 0.6) is 0 Å². The number of nitrogens with one attached hydrogen (secondary N) is 2. The molecule has 0 radical (unpaired) electrons. The fourth-order valence-corrected chi connectivity index (χ4v) is 5.40. The number of carbonyl (C=O) groups excluding carboxylic acids is 1. The lowest BCUT2D eigenvalue weighted by molar-refractivity contribution is -0.118. The number of aromatic amines is 1. The van der Waals surface area contributed by atoms with Crippen molar-refractivity contribution in [2.45, 2.75) is 37.3 Å². The summed E-state index contributed by atoms with van der Waals surface area (Å²) < 4.78 is 0. The minimum atomic E-state index is -0.0774. The summed E-state index contributed by atoms with van der Waals surface area (Å²) in [7, 11) is 0. The molecule has 1 amide bonds. The zero-order valence-electron chi connectivity index (χ0n) is 14.9. The van der Waals surface area contributed by atoms with E-state index in [1.165, 1.54) is 34.2 Å². The van der Waals surface area contributed by atoms with Gasteiger partial charge in [0.2, 0.25) is 5.91 Å². The number of aromatic nitrogens is 2. The standard InChI is InChI=1S/C20H21N3O2S2/c24-16(21-11-10-13-6-2-1-3-7-13)12-26-20-22-18(25)17-14-8-4-5-9-15(14)27-19(17)23-20/h1-3,6-7H,4-5,8-12H2,(H,21,24)(H,22,23,25). The van der Waals surface area contributed by atoms with Crippen molar-refractivity contribution < 1.29 is 4.79 Å².